The molecule has 0 atom stereocenters. The zero-order valence-corrected chi connectivity index (χ0v) is 10.9. The van der Waals surface area contributed by atoms with E-state index in [4.69, 9.17) is 11.6 Å². The Morgan fingerprint density at radius 1 is 1.25 bits per heavy atom. The number of thiazole rings is 1. The van der Waals surface area contributed by atoms with Gasteiger partial charge in [-0.3, -0.25) is 4.98 Å². The molecule has 2 rings (SSSR count). The van der Waals surface area contributed by atoms with Crippen LogP contribution in [0.15, 0.2) is 17.8 Å². The molecular weight excluding hydrogens is 242 g/mol. The van der Waals surface area contributed by atoms with Gasteiger partial charge in [0.2, 0.25) is 0 Å². The summed E-state index contributed by atoms with van der Waals surface area (Å²) in [6.45, 7) is 6.30. The summed E-state index contributed by atoms with van der Waals surface area (Å²) in [5, 5.41) is 0.475. The van der Waals surface area contributed by atoms with Gasteiger partial charge in [0.05, 0.1) is 16.1 Å². The van der Waals surface area contributed by atoms with Crippen LogP contribution < -0.4 is 0 Å². The second-order valence-electron chi connectivity index (χ2n) is 4.52. The molecule has 0 radical (unpaired) electrons. The lowest BCUT2D eigenvalue weighted by molar-refractivity contribution is 0.568. The van der Waals surface area contributed by atoms with E-state index >= 15 is 0 Å². The van der Waals surface area contributed by atoms with Gasteiger partial charge >= 0.3 is 0 Å². The Balaban J connectivity index is 2.53. The van der Waals surface area contributed by atoms with Crippen molar-refractivity contribution in [2.24, 2.45) is 0 Å². The Morgan fingerprint density at radius 2 is 2.00 bits per heavy atom. The van der Waals surface area contributed by atoms with Crippen molar-refractivity contribution in [3.63, 3.8) is 0 Å². The molecule has 2 aromatic rings. The van der Waals surface area contributed by atoms with Crippen LogP contribution in [0.2, 0.25) is 5.15 Å². The minimum absolute atomic E-state index is 0.0357. The minimum Gasteiger partial charge on any atom is -0.252 e. The van der Waals surface area contributed by atoms with Crippen LogP contribution in [0.5, 0.6) is 0 Å². The summed E-state index contributed by atoms with van der Waals surface area (Å²) in [6, 6.07) is 1.81. The van der Waals surface area contributed by atoms with E-state index in [-0.39, 0.29) is 5.41 Å². The molecule has 0 N–H and O–H groups in total. The second kappa shape index (κ2) is 4.11. The first-order valence-corrected chi connectivity index (χ1v) is 6.16. The van der Waals surface area contributed by atoms with Gasteiger partial charge in [-0.05, 0) is 6.07 Å². The first kappa shape index (κ1) is 11.5. The van der Waals surface area contributed by atoms with Gasteiger partial charge in [-0.2, -0.15) is 0 Å². The topological polar surface area (TPSA) is 38.7 Å². The van der Waals surface area contributed by atoms with Crippen LogP contribution in [0.4, 0.5) is 0 Å². The molecule has 3 nitrogen and oxygen atoms in total. The Hall–Kier alpha value is -1.00. The van der Waals surface area contributed by atoms with Crippen molar-refractivity contribution in [1.29, 1.82) is 0 Å². The van der Waals surface area contributed by atoms with E-state index in [1.165, 1.54) is 11.3 Å². The van der Waals surface area contributed by atoms with Crippen LogP contribution in [0, 0.1) is 0 Å². The molecule has 0 amide bonds. The van der Waals surface area contributed by atoms with E-state index in [2.05, 4.69) is 35.7 Å². The molecule has 0 saturated carbocycles. The molecule has 5 heteroatoms. The molecule has 0 aliphatic rings. The van der Waals surface area contributed by atoms with Gasteiger partial charge in [-0.25, -0.2) is 9.97 Å². The van der Waals surface area contributed by atoms with Crippen molar-refractivity contribution in [3.05, 3.63) is 28.6 Å². The van der Waals surface area contributed by atoms with Crippen molar-refractivity contribution in [2.75, 3.05) is 0 Å². The SMILES string of the molecule is CC(C)(C)c1cc(Cl)nc(-c2cncs2)n1. The highest BCUT2D eigenvalue weighted by Gasteiger charge is 2.18. The summed E-state index contributed by atoms with van der Waals surface area (Å²) in [4.78, 5) is 13.7. The molecule has 0 fully saturated rings. The zero-order valence-electron chi connectivity index (χ0n) is 9.36. The van der Waals surface area contributed by atoms with E-state index in [1.54, 1.807) is 11.7 Å². The highest BCUT2D eigenvalue weighted by atomic mass is 35.5. The zero-order chi connectivity index (χ0) is 11.8. The van der Waals surface area contributed by atoms with Gasteiger partial charge in [-0.15, -0.1) is 11.3 Å². The molecule has 2 aromatic heterocycles. The molecule has 0 aliphatic heterocycles. The van der Waals surface area contributed by atoms with Crippen LogP contribution >= 0.6 is 22.9 Å². The summed E-state index contributed by atoms with van der Waals surface area (Å²) in [6.07, 6.45) is 1.75. The number of hydrogen-bond donors (Lipinski definition) is 0. The smallest absolute Gasteiger partial charge is 0.172 e. The summed E-state index contributed by atoms with van der Waals surface area (Å²) in [5.41, 5.74) is 2.67. The van der Waals surface area contributed by atoms with Gasteiger partial charge in [0, 0.05) is 11.6 Å². The van der Waals surface area contributed by atoms with E-state index in [1.807, 2.05) is 6.07 Å². The number of hydrogen-bond acceptors (Lipinski definition) is 4. The largest absolute Gasteiger partial charge is 0.252 e. The fraction of sp³-hybridized carbons (Fsp3) is 0.364. The third-order valence-electron chi connectivity index (χ3n) is 2.12. The Bertz CT molecular complexity index is 488. The van der Waals surface area contributed by atoms with Crippen LogP contribution in [-0.2, 0) is 5.41 Å². The molecule has 0 bridgehead atoms. The number of aromatic nitrogens is 3. The second-order valence-corrected chi connectivity index (χ2v) is 5.79. The molecular formula is C11H12ClN3S. The third kappa shape index (κ3) is 2.39. The van der Waals surface area contributed by atoms with Gasteiger partial charge in [0.15, 0.2) is 5.82 Å². The molecule has 0 saturated heterocycles. The third-order valence-corrected chi connectivity index (χ3v) is 3.08. The molecule has 0 aliphatic carbocycles. The Kier molecular flexibility index (Phi) is 2.95. The monoisotopic (exact) mass is 253 g/mol. The van der Waals surface area contributed by atoms with Crippen molar-refractivity contribution >= 4 is 22.9 Å². The molecule has 0 unspecified atom stereocenters. The van der Waals surface area contributed by atoms with E-state index in [0.29, 0.717) is 11.0 Å². The fourth-order valence-electron chi connectivity index (χ4n) is 1.24. The van der Waals surface area contributed by atoms with Crippen molar-refractivity contribution < 1.29 is 0 Å². The van der Waals surface area contributed by atoms with Crippen LogP contribution in [0.25, 0.3) is 10.7 Å². The highest BCUT2D eigenvalue weighted by molar-refractivity contribution is 7.13. The number of rotatable bonds is 1. The first-order chi connectivity index (χ1) is 7.47. The Labute approximate surface area is 104 Å². The molecule has 0 spiro atoms. The molecule has 84 valence electrons. The molecule has 2 heterocycles. The summed E-state index contributed by atoms with van der Waals surface area (Å²) >= 11 is 7.52. The average Bonchev–Trinajstić information content (AvgIpc) is 2.68. The van der Waals surface area contributed by atoms with Crippen LogP contribution in [-0.4, -0.2) is 15.0 Å². The van der Waals surface area contributed by atoms with Gasteiger partial charge in [0.1, 0.15) is 5.15 Å². The predicted molar refractivity (Wildman–Crippen MR) is 66.9 cm³/mol. The lowest BCUT2D eigenvalue weighted by Crippen LogP contribution is -2.14. The summed E-state index contributed by atoms with van der Waals surface area (Å²) < 4.78 is 0. The number of nitrogens with zero attached hydrogens (tertiary/aromatic N) is 3. The van der Waals surface area contributed by atoms with Crippen molar-refractivity contribution in [1.82, 2.24) is 15.0 Å². The highest BCUT2D eigenvalue weighted by Crippen LogP contribution is 2.26. The summed E-state index contributed by atoms with van der Waals surface area (Å²) in [7, 11) is 0. The van der Waals surface area contributed by atoms with Gasteiger partial charge in [-0.1, -0.05) is 32.4 Å². The Morgan fingerprint density at radius 3 is 2.56 bits per heavy atom. The lowest BCUT2D eigenvalue weighted by atomic mass is 9.92. The van der Waals surface area contributed by atoms with Gasteiger partial charge in [0.25, 0.3) is 0 Å². The van der Waals surface area contributed by atoms with E-state index in [0.717, 1.165) is 10.6 Å². The van der Waals surface area contributed by atoms with E-state index < -0.39 is 0 Å². The predicted octanol–water partition coefficient (Wildman–Crippen LogP) is 3.55. The average molecular weight is 254 g/mol. The number of halogens is 1. The molecule has 0 aromatic carbocycles. The maximum Gasteiger partial charge on any atom is 0.172 e. The first-order valence-electron chi connectivity index (χ1n) is 4.91. The van der Waals surface area contributed by atoms with Crippen molar-refractivity contribution in [2.45, 2.75) is 26.2 Å². The maximum atomic E-state index is 6.01. The normalized spacial score (nSPS) is 11.8. The maximum absolute atomic E-state index is 6.01. The standard InChI is InChI=1S/C11H12ClN3S/c1-11(2,3)8-4-9(12)15-10(14-8)7-5-13-6-16-7/h4-6H,1-3H3. The van der Waals surface area contributed by atoms with Crippen molar-refractivity contribution in [3.8, 4) is 10.7 Å². The minimum atomic E-state index is -0.0357. The van der Waals surface area contributed by atoms with Crippen LogP contribution in [0.3, 0.4) is 0 Å². The molecule has 16 heavy (non-hydrogen) atoms. The van der Waals surface area contributed by atoms with E-state index in [9.17, 15) is 0 Å². The summed E-state index contributed by atoms with van der Waals surface area (Å²) in [5.74, 6) is 0.653. The van der Waals surface area contributed by atoms with Crippen LogP contribution in [0.1, 0.15) is 26.5 Å². The van der Waals surface area contributed by atoms with Gasteiger partial charge < -0.3 is 0 Å². The lowest BCUT2D eigenvalue weighted by Gasteiger charge is -2.18. The quantitative estimate of drug-likeness (QED) is 0.730. The fourth-order valence-corrected chi connectivity index (χ4v) is 1.98.